The molecule has 2 atom stereocenters. The highest BCUT2D eigenvalue weighted by molar-refractivity contribution is 7.90. The van der Waals surface area contributed by atoms with Crippen molar-refractivity contribution in [1.82, 2.24) is 4.31 Å². The Labute approximate surface area is 98.3 Å². The van der Waals surface area contributed by atoms with E-state index in [0.717, 1.165) is 19.3 Å². The molecule has 0 aromatic heterocycles. The Hall–Kier alpha value is -0.600. The summed E-state index contributed by atoms with van der Waals surface area (Å²) in [6.07, 6.45) is 3.48. The summed E-state index contributed by atoms with van der Waals surface area (Å²) in [4.78, 5) is 0. The molecule has 1 saturated heterocycles. The van der Waals surface area contributed by atoms with Gasteiger partial charge in [-0.25, -0.2) is 12.7 Å². The number of rotatable bonds is 5. The van der Waals surface area contributed by atoms with Crippen molar-refractivity contribution in [2.24, 2.45) is 5.92 Å². The minimum Gasteiger partial charge on any atom is -0.211 e. The number of hydrogen-bond acceptors (Lipinski definition) is 3. The summed E-state index contributed by atoms with van der Waals surface area (Å²) in [6.45, 7) is 5.05. The van der Waals surface area contributed by atoms with Gasteiger partial charge in [-0.15, -0.1) is 0 Å². The van der Waals surface area contributed by atoms with E-state index in [1.54, 1.807) is 6.92 Å². The molecule has 1 fully saturated rings. The lowest BCUT2D eigenvalue weighted by atomic mass is 10.0. The van der Waals surface area contributed by atoms with Crippen LogP contribution < -0.4 is 0 Å². The number of nitriles is 1. The average molecular weight is 244 g/mol. The third-order valence-corrected chi connectivity index (χ3v) is 5.39. The molecule has 0 N–H and O–H groups in total. The molecule has 16 heavy (non-hydrogen) atoms. The largest absolute Gasteiger partial charge is 0.230 e. The third-order valence-electron chi connectivity index (χ3n) is 3.18. The maximum atomic E-state index is 12.0. The lowest BCUT2D eigenvalue weighted by Crippen LogP contribution is -2.36. The molecule has 0 bridgehead atoms. The second kappa shape index (κ2) is 5.65. The lowest BCUT2D eigenvalue weighted by molar-refractivity contribution is 0.440. The molecule has 1 aliphatic rings. The average Bonchev–Trinajstić information content (AvgIpc) is 2.69. The van der Waals surface area contributed by atoms with Gasteiger partial charge in [0.2, 0.25) is 10.0 Å². The highest BCUT2D eigenvalue weighted by atomic mass is 32.2. The van der Waals surface area contributed by atoms with Crippen molar-refractivity contribution in [3.63, 3.8) is 0 Å². The van der Waals surface area contributed by atoms with E-state index in [2.05, 4.69) is 6.92 Å². The Balaban J connectivity index is 2.69. The molecule has 0 aromatic carbocycles. The Kier molecular flexibility index (Phi) is 4.75. The van der Waals surface area contributed by atoms with Gasteiger partial charge in [0.25, 0.3) is 0 Å². The van der Waals surface area contributed by atoms with Crippen LogP contribution in [0, 0.1) is 17.2 Å². The van der Waals surface area contributed by atoms with Gasteiger partial charge < -0.3 is 0 Å². The molecular formula is C11H20N2O2S. The van der Waals surface area contributed by atoms with Gasteiger partial charge in [-0.2, -0.15) is 5.26 Å². The minimum absolute atomic E-state index is 0.369. The fourth-order valence-electron chi connectivity index (χ4n) is 2.22. The molecule has 0 aliphatic carbocycles. The Morgan fingerprint density at radius 2 is 2.19 bits per heavy atom. The molecule has 1 rings (SSSR count). The van der Waals surface area contributed by atoms with E-state index in [0.29, 0.717) is 25.4 Å². The van der Waals surface area contributed by atoms with E-state index >= 15 is 0 Å². The molecule has 0 saturated carbocycles. The fourth-order valence-corrected chi connectivity index (χ4v) is 3.91. The van der Waals surface area contributed by atoms with E-state index in [9.17, 15) is 8.42 Å². The van der Waals surface area contributed by atoms with Crippen molar-refractivity contribution < 1.29 is 8.42 Å². The smallest absolute Gasteiger partial charge is 0.211 e. The summed E-state index contributed by atoms with van der Waals surface area (Å²) in [5.41, 5.74) is 0. The van der Waals surface area contributed by atoms with Crippen LogP contribution in [0.15, 0.2) is 0 Å². The molecular weight excluding hydrogens is 224 g/mol. The lowest BCUT2D eigenvalue weighted by Gasteiger charge is -2.19. The van der Waals surface area contributed by atoms with E-state index in [1.165, 1.54) is 4.31 Å². The van der Waals surface area contributed by atoms with Crippen molar-refractivity contribution in [2.75, 3.05) is 13.1 Å². The van der Waals surface area contributed by atoms with Crippen molar-refractivity contribution in [2.45, 2.75) is 44.8 Å². The Morgan fingerprint density at radius 3 is 2.69 bits per heavy atom. The first-order valence-corrected chi connectivity index (χ1v) is 7.45. The van der Waals surface area contributed by atoms with Gasteiger partial charge >= 0.3 is 0 Å². The van der Waals surface area contributed by atoms with Gasteiger partial charge in [0.05, 0.1) is 6.07 Å². The van der Waals surface area contributed by atoms with Gasteiger partial charge in [0.15, 0.2) is 5.25 Å². The molecule has 4 nitrogen and oxygen atoms in total. The van der Waals surface area contributed by atoms with Crippen molar-refractivity contribution in [3.8, 4) is 6.07 Å². The number of nitrogens with zero attached hydrogens (tertiary/aromatic N) is 2. The number of sulfonamides is 1. The first-order chi connectivity index (χ1) is 7.56. The standard InChI is InChI=1S/C11H20N2O2S/c1-3-5-10-6-7-13(9-10)16(14,15)11(4-2)8-12/h10-11H,3-7,9H2,1-2H3. The monoisotopic (exact) mass is 244 g/mol. The van der Waals surface area contributed by atoms with E-state index in [1.807, 2.05) is 6.07 Å². The molecule has 92 valence electrons. The predicted octanol–water partition coefficient (Wildman–Crippen LogP) is 1.74. The molecule has 0 amide bonds. The van der Waals surface area contributed by atoms with Gasteiger partial charge in [-0.05, 0) is 25.2 Å². The summed E-state index contributed by atoms with van der Waals surface area (Å²) in [6, 6.07) is 1.89. The second-order valence-corrected chi connectivity index (χ2v) is 6.49. The van der Waals surface area contributed by atoms with Crippen LogP contribution >= 0.6 is 0 Å². The van der Waals surface area contributed by atoms with Gasteiger partial charge in [-0.3, -0.25) is 0 Å². The van der Waals surface area contributed by atoms with Crippen molar-refractivity contribution in [1.29, 1.82) is 5.26 Å². The van der Waals surface area contributed by atoms with Crippen LogP contribution in [0.3, 0.4) is 0 Å². The Morgan fingerprint density at radius 1 is 1.50 bits per heavy atom. The van der Waals surface area contributed by atoms with Gasteiger partial charge in [0.1, 0.15) is 0 Å². The van der Waals surface area contributed by atoms with Crippen LogP contribution in [0.4, 0.5) is 0 Å². The molecule has 0 spiro atoms. The van der Waals surface area contributed by atoms with E-state index < -0.39 is 15.3 Å². The summed E-state index contributed by atoms with van der Waals surface area (Å²) in [7, 11) is -3.38. The normalized spacial score (nSPS) is 24.2. The zero-order valence-electron chi connectivity index (χ0n) is 10.0. The summed E-state index contributed by atoms with van der Waals surface area (Å²) in [5.74, 6) is 0.482. The first kappa shape index (κ1) is 13.5. The zero-order valence-corrected chi connectivity index (χ0v) is 10.8. The van der Waals surface area contributed by atoms with E-state index in [-0.39, 0.29) is 0 Å². The molecule has 0 radical (unpaired) electrons. The predicted molar refractivity (Wildman–Crippen MR) is 63.2 cm³/mol. The van der Waals surface area contributed by atoms with Crippen molar-refractivity contribution >= 4 is 10.0 Å². The van der Waals surface area contributed by atoms with Crippen LogP contribution in [0.1, 0.15) is 39.5 Å². The molecule has 1 heterocycles. The minimum atomic E-state index is -3.38. The maximum Gasteiger partial charge on any atom is 0.230 e. The van der Waals surface area contributed by atoms with Crippen LogP contribution in [0.25, 0.3) is 0 Å². The van der Waals surface area contributed by atoms with Crippen LogP contribution in [0.5, 0.6) is 0 Å². The van der Waals surface area contributed by atoms with Crippen LogP contribution in [0.2, 0.25) is 0 Å². The molecule has 5 heteroatoms. The zero-order chi connectivity index (χ0) is 12.2. The maximum absolute atomic E-state index is 12.0. The van der Waals surface area contributed by atoms with Crippen molar-refractivity contribution in [3.05, 3.63) is 0 Å². The third kappa shape index (κ3) is 2.74. The first-order valence-electron chi connectivity index (χ1n) is 5.94. The quantitative estimate of drug-likeness (QED) is 0.740. The fraction of sp³-hybridized carbons (Fsp3) is 0.909. The second-order valence-electron chi connectivity index (χ2n) is 4.37. The summed E-state index contributed by atoms with van der Waals surface area (Å²) >= 11 is 0. The topological polar surface area (TPSA) is 61.2 Å². The van der Waals surface area contributed by atoms with E-state index in [4.69, 9.17) is 5.26 Å². The molecule has 0 aromatic rings. The van der Waals surface area contributed by atoms with Gasteiger partial charge in [-0.1, -0.05) is 20.3 Å². The summed E-state index contributed by atoms with van der Waals surface area (Å²) in [5, 5.41) is 7.97. The highest BCUT2D eigenvalue weighted by Crippen LogP contribution is 2.25. The molecule has 2 unspecified atom stereocenters. The molecule has 1 aliphatic heterocycles. The summed E-state index contributed by atoms with van der Waals surface area (Å²) < 4.78 is 25.6. The highest BCUT2D eigenvalue weighted by Gasteiger charge is 2.35. The SMILES string of the molecule is CCCC1CCN(S(=O)(=O)C(C#N)CC)C1. The Bertz CT molecular complexity index is 359. The van der Waals surface area contributed by atoms with Crippen LogP contribution in [-0.4, -0.2) is 31.1 Å². The number of hydrogen-bond donors (Lipinski definition) is 0. The van der Waals surface area contributed by atoms with Gasteiger partial charge in [0, 0.05) is 13.1 Å². The van der Waals surface area contributed by atoms with Crippen LogP contribution in [-0.2, 0) is 10.0 Å².